The largest absolute Gasteiger partial charge is 0.441 e. The third-order valence-corrected chi connectivity index (χ3v) is 6.27. The van der Waals surface area contributed by atoms with Gasteiger partial charge in [0, 0.05) is 25.9 Å². The number of sulfone groups is 1. The van der Waals surface area contributed by atoms with E-state index < -0.39 is 21.7 Å². The number of carbonyl (C=O) groups excluding carboxylic acids is 2. The Morgan fingerprint density at radius 2 is 1.97 bits per heavy atom. The SMILES string of the molecule is CC(NC(=O)CCc1ncc(-c2ccccc2F)o1)C(=O)N1CCS(=O)(=O)CC1. The van der Waals surface area contributed by atoms with Gasteiger partial charge in [0.1, 0.15) is 11.9 Å². The van der Waals surface area contributed by atoms with E-state index in [9.17, 15) is 22.4 Å². The second-order valence-electron chi connectivity index (χ2n) is 6.86. The van der Waals surface area contributed by atoms with Crippen molar-refractivity contribution in [1.29, 1.82) is 0 Å². The summed E-state index contributed by atoms with van der Waals surface area (Å²) < 4.78 is 42.2. The van der Waals surface area contributed by atoms with Crippen LogP contribution >= 0.6 is 0 Å². The van der Waals surface area contributed by atoms with E-state index in [1.54, 1.807) is 25.1 Å². The van der Waals surface area contributed by atoms with Crippen LogP contribution in [0.2, 0.25) is 0 Å². The molecule has 156 valence electrons. The Morgan fingerprint density at radius 3 is 2.66 bits per heavy atom. The number of carbonyl (C=O) groups is 2. The Kier molecular flexibility index (Phi) is 6.31. The first kappa shape index (κ1) is 21.0. The van der Waals surface area contributed by atoms with E-state index in [1.165, 1.54) is 17.2 Å². The highest BCUT2D eigenvalue weighted by molar-refractivity contribution is 7.91. The Balaban J connectivity index is 1.49. The number of oxazole rings is 1. The van der Waals surface area contributed by atoms with Crippen molar-refractivity contribution in [2.75, 3.05) is 24.6 Å². The Hall–Kier alpha value is -2.75. The quantitative estimate of drug-likeness (QED) is 0.747. The fourth-order valence-corrected chi connectivity index (χ4v) is 4.22. The van der Waals surface area contributed by atoms with Gasteiger partial charge in [-0.15, -0.1) is 0 Å². The van der Waals surface area contributed by atoms with Gasteiger partial charge < -0.3 is 14.6 Å². The van der Waals surface area contributed by atoms with Gasteiger partial charge in [-0.2, -0.15) is 0 Å². The van der Waals surface area contributed by atoms with Crippen LogP contribution in [-0.4, -0.2) is 60.8 Å². The summed E-state index contributed by atoms with van der Waals surface area (Å²) in [7, 11) is -3.08. The molecule has 1 N–H and O–H groups in total. The zero-order valence-electron chi connectivity index (χ0n) is 15.9. The van der Waals surface area contributed by atoms with Crippen molar-refractivity contribution in [3.63, 3.8) is 0 Å². The molecule has 29 heavy (non-hydrogen) atoms. The van der Waals surface area contributed by atoms with Crippen LogP contribution in [0.5, 0.6) is 0 Å². The molecule has 1 fully saturated rings. The van der Waals surface area contributed by atoms with Crippen LogP contribution in [0.3, 0.4) is 0 Å². The number of aromatic nitrogens is 1. The number of aryl methyl sites for hydroxylation is 1. The first-order valence-corrected chi connectivity index (χ1v) is 11.1. The van der Waals surface area contributed by atoms with Crippen molar-refractivity contribution in [3.8, 4) is 11.3 Å². The summed E-state index contributed by atoms with van der Waals surface area (Å²) in [6.07, 6.45) is 1.65. The first-order chi connectivity index (χ1) is 13.7. The van der Waals surface area contributed by atoms with E-state index in [0.29, 0.717) is 11.5 Å². The highest BCUT2D eigenvalue weighted by atomic mass is 32.2. The van der Waals surface area contributed by atoms with E-state index in [4.69, 9.17) is 4.42 Å². The van der Waals surface area contributed by atoms with Crippen LogP contribution in [0.25, 0.3) is 11.3 Å². The number of nitrogens with zero attached hydrogens (tertiary/aromatic N) is 2. The van der Waals surface area contributed by atoms with Crippen LogP contribution in [0.15, 0.2) is 34.9 Å². The average Bonchev–Trinajstić information content (AvgIpc) is 3.15. The third-order valence-electron chi connectivity index (χ3n) is 4.66. The lowest BCUT2D eigenvalue weighted by Gasteiger charge is -2.29. The van der Waals surface area contributed by atoms with Crippen LogP contribution < -0.4 is 5.32 Å². The molecule has 1 aliphatic rings. The van der Waals surface area contributed by atoms with Gasteiger partial charge in [0.25, 0.3) is 0 Å². The van der Waals surface area contributed by atoms with Crippen LogP contribution in [0.4, 0.5) is 4.39 Å². The minimum atomic E-state index is -3.08. The summed E-state index contributed by atoms with van der Waals surface area (Å²) >= 11 is 0. The van der Waals surface area contributed by atoms with Crippen LogP contribution in [0, 0.1) is 5.82 Å². The smallest absolute Gasteiger partial charge is 0.244 e. The Morgan fingerprint density at radius 1 is 1.28 bits per heavy atom. The zero-order valence-corrected chi connectivity index (χ0v) is 16.7. The number of amides is 2. The second-order valence-corrected chi connectivity index (χ2v) is 9.17. The topological polar surface area (TPSA) is 110 Å². The summed E-state index contributed by atoms with van der Waals surface area (Å²) in [5.74, 6) is -0.652. The molecule has 1 aliphatic heterocycles. The fourth-order valence-electron chi connectivity index (χ4n) is 3.01. The van der Waals surface area contributed by atoms with Gasteiger partial charge in [0.15, 0.2) is 21.5 Å². The van der Waals surface area contributed by atoms with Crippen molar-refractivity contribution >= 4 is 21.7 Å². The monoisotopic (exact) mass is 423 g/mol. The van der Waals surface area contributed by atoms with Crippen molar-refractivity contribution in [2.45, 2.75) is 25.8 Å². The molecule has 3 rings (SSSR count). The molecule has 2 amide bonds. The number of rotatable bonds is 6. The van der Waals surface area contributed by atoms with Crippen molar-refractivity contribution in [2.24, 2.45) is 0 Å². The highest BCUT2D eigenvalue weighted by Gasteiger charge is 2.28. The van der Waals surface area contributed by atoms with E-state index >= 15 is 0 Å². The predicted octanol–water partition coefficient (Wildman–Crippen LogP) is 1.18. The molecule has 1 unspecified atom stereocenters. The molecule has 8 nitrogen and oxygen atoms in total. The minimum Gasteiger partial charge on any atom is -0.441 e. The number of benzene rings is 1. The minimum absolute atomic E-state index is 0.0449. The van der Waals surface area contributed by atoms with E-state index in [2.05, 4.69) is 10.3 Å². The highest BCUT2D eigenvalue weighted by Crippen LogP contribution is 2.23. The summed E-state index contributed by atoms with van der Waals surface area (Å²) in [5.41, 5.74) is 0.290. The molecule has 0 aliphatic carbocycles. The molecule has 1 aromatic heterocycles. The Labute approximate surface area is 168 Å². The van der Waals surface area contributed by atoms with Crippen LogP contribution in [-0.2, 0) is 25.8 Å². The molecule has 2 aromatic rings. The maximum Gasteiger partial charge on any atom is 0.244 e. The van der Waals surface area contributed by atoms with Gasteiger partial charge in [-0.1, -0.05) is 12.1 Å². The normalized spacial score (nSPS) is 17.0. The number of nitrogens with one attached hydrogen (secondary N) is 1. The Bertz CT molecular complexity index is 991. The summed E-state index contributed by atoms with van der Waals surface area (Å²) in [6, 6.07) is 5.39. The lowest BCUT2D eigenvalue weighted by atomic mass is 10.2. The molecule has 0 saturated carbocycles. The van der Waals surface area contributed by atoms with Crippen LogP contribution in [0.1, 0.15) is 19.2 Å². The molecule has 0 radical (unpaired) electrons. The predicted molar refractivity (Wildman–Crippen MR) is 103 cm³/mol. The maximum absolute atomic E-state index is 13.8. The summed E-state index contributed by atoms with van der Waals surface area (Å²) in [6.45, 7) is 1.83. The van der Waals surface area contributed by atoms with Gasteiger partial charge in [0.05, 0.1) is 23.3 Å². The first-order valence-electron chi connectivity index (χ1n) is 9.23. The molecular formula is C19H22FN3O5S. The van der Waals surface area contributed by atoms with E-state index in [0.717, 1.165) is 0 Å². The van der Waals surface area contributed by atoms with Crippen molar-refractivity contribution < 1.29 is 26.8 Å². The summed E-state index contributed by atoms with van der Waals surface area (Å²) in [5, 5.41) is 2.61. The molecule has 0 spiro atoms. The summed E-state index contributed by atoms with van der Waals surface area (Å²) in [4.78, 5) is 30.0. The van der Waals surface area contributed by atoms with Gasteiger partial charge in [-0.25, -0.2) is 17.8 Å². The van der Waals surface area contributed by atoms with Gasteiger partial charge in [0.2, 0.25) is 11.8 Å². The van der Waals surface area contributed by atoms with E-state index in [-0.39, 0.29) is 55.0 Å². The molecule has 1 saturated heterocycles. The molecule has 2 heterocycles. The lowest BCUT2D eigenvalue weighted by molar-refractivity contribution is -0.135. The molecule has 10 heteroatoms. The lowest BCUT2D eigenvalue weighted by Crippen LogP contribution is -2.51. The van der Waals surface area contributed by atoms with Crippen molar-refractivity contribution in [3.05, 3.63) is 42.2 Å². The molecule has 0 bridgehead atoms. The van der Waals surface area contributed by atoms with Gasteiger partial charge in [-0.05, 0) is 19.1 Å². The number of hydrogen-bond donors (Lipinski definition) is 1. The molecule has 1 aromatic carbocycles. The fraction of sp³-hybridized carbons (Fsp3) is 0.421. The standard InChI is InChI=1S/C19H22FN3O5S/c1-13(19(25)23-8-10-29(26,27)11-9-23)22-17(24)6-7-18-21-12-16(28-18)14-4-2-3-5-15(14)20/h2-5,12-13H,6-11H2,1H3,(H,22,24). The van der Waals surface area contributed by atoms with Crippen molar-refractivity contribution in [1.82, 2.24) is 15.2 Å². The molecular weight excluding hydrogens is 401 g/mol. The molecule has 1 atom stereocenters. The third kappa shape index (κ3) is 5.41. The van der Waals surface area contributed by atoms with Gasteiger partial charge in [-0.3, -0.25) is 9.59 Å². The number of halogens is 1. The maximum atomic E-state index is 13.8. The second kappa shape index (κ2) is 8.73. The van der Waals surface area contributed by atoms with E-state index in [1.807, 2.05) is 0 Å². The van der Waals surface area contributed by atoms with Gasteiger partial charge >= 0.3 is 0 Å². The zero-order chi connectivity index (χ0) is 21.0. The average molecular weight is 423 g/mol. The number of hydrogen-bond acceptors (Lipinski definition) is 6.